The highest BCUT2D eigenvalue weighted by Crippen LogP contribution is 2.35. The van der Waals surface area contributed by atoms with Crippen LogP contribution in [0.2, 0.25) is 0 Å². The van der Waals surface area contributed by atoms with Crippen LogP contribution in [-0.2, 0) is 0 Å². The van der Waals surface area contributed by atoms with E-state index in [4.69, 9.17) is 9.26 Å². The Bertz CT molecular complexity index is 641. The Balaban J connectivity index is 2.70. The van der Waals surface area contributed by atoms with Crippen LogP contribution in [0.1, 0.15) is 34.0 Å². The van der Waals surface area contributed by atoms with Crippen LogP contribution >= 0.6 is 0 Å². The number of carbonyl (C=O) groups excluding carboxylic acids is 1. The molecule has 0 bridgehead atoms. The van der Waals surface area contributed by atoms with Gasteiger partial charge in [-0.05, 0) is 50.5 Å². The molecule has 1 aromatic heterocycles. The van der Waals surface area contributed by atoms with E-state index in [2.05, 4.69) is 5.16 Å². The van der Waals surface area contributed by atoms with Crippen LogP contribution < -0.4 is 4.74 Å². The second-order valence-corrected chi connectivity index (χ2v) is 4.65. The molecule has 1 heterocycles. The number of hydrogen-bond donors (Lipinski definition) is 0. The lowest BCUT2D eigenvalue weighted by Crippen LogP contribution is -1.98. The van der Waals surface area contributed by atoms with Gasteiger partial charge in [0, 0.05) is 5.56 Å². The molecule has 2 aromatic rings. The standard InChI is InChI=1S/C15H17NO3/c1-8-6-12(9(2)10(3)14(8)18-5)15-13(11(4)17)7-16-19-15/h6-7H,1-5H3. The number of Topliss-reactive ketones (excluding diaryl/α,β-unsaturated/α-hetero) is 1. The molecule has 0 spiro atoms. The van der Waals surface area contributed by atoms with Crippen LogP contribution in [0.25, 0.3) is 11.3 Å². The summed E-state index contributed by atoms with van der Waals surface area (Å²) in [5.74, 6) is 1.34. The SMILES string of the molecule is COc1c(C)cc(-c2oncc2C(C)=O)c(C)c1C. The highest BCUT2D eigenvalue weighted by molar-refractivity contribution is 5.99. The zero-order valence-electron chi connectivity index (χ0n) is 11.8. The molecule has 0 unspecified atom stereocenters. The Morgan fingerprint density at radius 2 is 1.95 bits per heavy atom. The molecule has 0 radical (unpaired) electrons. The van der Waals surface area contributed by atoms with Gasteiger partial charge in [-0.3, -0.25) is 4.79 Å². The zero-order chi connectivity index (χ0) is 14.2. The summed E-state index contributed by atoms with van der Waals surface area (Å²) in [5, 5.41) is 3.74. The maximum absolute atomic E-state index is 11.6. The van der Waals surface area contributed by atoms with Crippen molar-refractivity contribution in [2.45, 2.75) is 27.7 Å². The third-order valence-corrected chi connectivity index (χ3v) is 3.42. The van der Waals surface area contributed by atoms with Gasteiger partial charge in [0.25, 0.3) is 0 Å². The zero-order valence-corrected chi connectivity index (χ0v) is 11.8. The number of hydrogen-bond acceptors (Lipinski definition) is 4. The lowest BCUT2D eigenvalue weighted by Gasteiger charge is -2.14. The highest BCUT2D eigenvalue weighted by atomic mass is 16.5. The molecule has 0 aliphatic carbocycles. The van der Waals surface area contributed by atoms with E-state index in [1.165, 1.54) is 13.1 Å². The highest BCUT2D eigenvalue weighted by Gasteiger charge is 2.19. The minimum Gasteiger partial charge on any atom is -0.496 e. The lowest BCUT2D eigenvalue weighted by molar-refractivity contribution is 0.101. The van der Waals surface area contributed by atoms with Gasteiger partial charge in [0.2, 0.25) is 0 Å². The van der Waals surface area contributed by atoms with E-state index in [1.807, 2.05) is 26.8 Å². The Morgan fingerprint density at radius 3 is 2.53 bits per heavy atom. The number of ketones is 1. The summed E-state index contributed by atoms with van der Waals surface area (Å²) in [6.45, 7) is 7.46. The Morgan fingerprint density at radius 1 is 1.26 bits per heavy atom. The number of carbonyl (C=O) groups is 1. The second-order valence-electron chi connectivity index (χ2n) is 4.65. The first-order chi connectivity index (χ1) is 8.97. The Kier molecular flexibility index (Phi) is 3.42. The van der Waals surface area contributed by atoms with Crippen molar-refractivity contribution < 1.29 is 14.1 Å². The molecule has 4 heteroatoms. The minimum absolute atomic E-state index is 0.0539. The maximum atomic E-state index is 11.6. The van der Waals surface area contributed by atoms with Gasteiger partial charge >= 0.3 is 0 Å². The molecule has 100 valence electrons. The fourth-order valence-corrected chi connectivity index (χ4v) is 2.29. The fourth-order valence-electron chi connectivity index (χ4n) is 2.29. The molecule has 0 aliphatic rings. The average molecular weight is 259 g/mol. The lowest BCUT2D eigenvalue weighted by atomic mass is 9.95. The molecule has 0 saturated heterocycles. The van der Waals surface area contributed by atoms with Gasteiger partial charge in [-0.25, -0.2) is 0 Å². The van der Waals surface area contributed by atoms with Crippen molar-refractivity contribution in [3.8, 4) is 17.1 Å². The monoisotopic (exact) mass is 259 g/mol. The van der Waals surface area contributed by atoms with Gasteiger partial charge in [0.1, 0.15) is 5.75 Å². The van der Waals surface area contributed by atoms with Crippen molar-refractivity contribution in [3.05, 3.63) is 34.5 Å². The van der Waals surface area contributed by atoms with Crippen LogP contribution in [0.3, 0.4) is 0 Å². The quantitative estimate of drug-likeness (QED) is 0.792. The van der Waals surface area contributed by atoms with Crippen molar-refractivity contribution in [3.63, 3.8) is 0 Å². The van der Waals surface area contributed by atoms with Crippen LogP contribution in [0.15, 0.2) is 16.8 Å². The number of rotatable bonds is 3. The van der Waals surface area contributed by atoms with Gasteiger partial charge < -0.3 is 9.26 Å². The summed E-state index contributed by atoms with van der Waals surface area (Å²) in [5.41, 5.74) is 4.47. The number of aryl methyl sites for hydroxylation is 1. The summed E-state index contributed by atoms with van der Waals surface area (Å²) in [6, 6.07) is 1.97. The van der Waals surface area contributed by atoms with E-state index < -0.39 is 0 Å². The van der Waals surface area contributed by atoms with E-state index in [0.29, 0.717) is 11.3 Å². The Hall–Kier alpha value is -2.10. The van der Waals surface area contributed by atoms with E-state index in [-0.39, 0.29) is 5.78 Å². The average Bonchev–Trinajstić information content (AvgIpc) is 2.83. The maximum Gasteiger partial charge on any atom is 0.177 e. The topological polar surface area (TPSA) is 52.3 Å². The third-order valence-electron chi connectivity index (χ3n) is 3.42. The summed E-state index contributed by atoms with van der Waals surface area (Å²) >= 11 is 0. The summed E-state index contributed by atoms with van der Waals surface area (Å²) in [7, 11) is 1.66. The molecular formula is C15H17NO3. The summed E-state index contributed by atoms with van der Waals surface area (Å²) < 4.78 is 10.7. The molecule has 1 aromatic carbocycles. The van der Waals surface area contributed by atoms with Crippen LogP contribution in [-0.4, -0.2) is 18.0 Å². The van der Waals surface area contributed by atoms with Crippen LogP contribution in [0.5, 0.6) is 5.75 Å². The second kappa shape index (κ2) is 4.88. The van der Waals surface area contributed by atoms with Gasteiger partial charge in [0.15, 0.2) is 11.5 Å². The predicted octanol–water partition coefficient (Wildman–Crippen LogP) is 3.48. The molecule has 2 rings (SSSR count). The first-order valence-electron chi connectivity index (χ1n) is 6.08. The van der Waals surface area contributed by atoms with Crippen LogP contribution in [0, 0.1) is 20.8 Å². The fraction of sp³-hybridized carbons (Fsp3) is 0.333. The van der Waals surface area contributed by atoms with E-state index in [0.717, 1.165) is 28.0 Å². The van der Waals surface area contributed by atoms with E-state index >= 15 is 0 Å². The minimum atomic E-state index is -0.0539. The smallest absolute Gasteiger partial charge is 0.177 e. The van der Waals surface area contributed by atoms with Gasteiger partial charge in [0.05, 0.1) is 18.9 Å². The number of benzene rings is 1. The first-order valence-corrected chi connectivity index (χ1v) is 6.08. The van der Waals surface area contributed by atoms with Crippen LogP contribution in [0.4, 0.5) is 0 Å². The molecule has 4 nitrogen and oxygen atoms in total. The van der Waals surface area contributed by atoms with Crippen molar-refractivity contribution in [2.75, 3.05) is 7.11 Å². The van der Waals surface area contributed by atoms with Crippen molar-refractivity contribution in [2.24, 2.45) is 0 Å². The normalized spacial score (nSPS) is 10.6. The molecule has 0 aliphatic heterocycles. The van der Waals surface area contributed by atoms with E-state index in [1.54, 1.807) is 7.11 Å². The molecule has 0 saturated carbocycles. The molecule has 0 fully saturated rings. The number of methoxy groups -OCH3 is 1. The molecule has 19 heavy (non-hydrogen) atoms. The summed E-state index contributed by atoms with van der Waals surface area (Å²) in [4.78, 5) is 11.6. The number of ether oxygens (including phenoxy) is 1. The Labute approximate surface area is 112 Å². The molecular weight excluding hydrogens is 242 g/mol. The number of aromatic nitrogens is 1. The molecule has 0 atom stereocenters. The third kappa shape index (κ3) is 2.14. The predicted molar refractivity (Wildman–Crippen MR) is 72.7 cm³/mol. The van der Waals surface area contributed by atoms with Gasteiger partial charge in [-0.2, -0.15) is 0 Å². The largest absolute Gasteiger partial charge is 0.496 e. The van der Waals surface area contributed by atoms with E-state index in [9.17, 15) is 4.79 Å². The number of nitrogens with zero attached hydrogens (tertiary/aromatic N) is 1. The molecule has 0 N–H and O–H groups in total. The van der Waals surface area contributed by atoms with Gasteiger partial charge in [-0.1, -0.05) is 5.16 Å². The van der Waals surface area contributed by atoms with Gasteiger partial charge in [-0.15, -0.1) is 0 Å². The van der Waals surface area contributed by atoms with Crippen molar-refractivity contribution in [1.82, 2.24) is 5.16 Å². The molecule has 0 amide bonds. The first kappa shape index (κ1) is 13.3. The summed E-state index contributed by atoms with van der Waals surface area (Å²) in [6.07, 6.45) is 1.46. The van der Waals surface area contributed by atoms with Crippen molar-refractivity contribution in [1.29, 1.82) is 0 Å². The van der Waals surface area contributed by atoms with Crippen molar-refractivity contribution >= 4 is 5.78 Å².